The summed E-state index contributed by atoms with van der Waals surface area (Å²) in [6.07, 6.45) is 0.734. The summed E-state index contributed by atoms with van der Waals surface area (Å²) >= 11 is 0. The summed E-state index contributed by atoms with van der Waals surface area (Å²) < 4.78 is 26.5. The van der Waals surface area contributed by atoms with Gasteiger partial charge in [0.2, 0.25) is 0 Å². The fraction of sp³-hybridized carbons (Fsp3) is 0.590. The summed E-state index contributed by atoms with van der Waals surface area (Å²) in [5, 5.41) is 21.3. The molecule has 2 aromatic carbocycles. The monoisotopic (exact) mass is 742 g/mol. The number of aliphatic hydroxyl groups excluding tert-OH is 1. The molecule has 5 N–H and O–H groups in total. The minimum atomic E-state index is -0.666. The van der Waals surface area contributed by atoms with Gasteiger partial charge in [-0.3, -0.25) is 0 Å². The zero-order valence-corrected chi connectivity index (χ0v) is 32.0. The van der Waals surface area contributed by atoms with Gasteiger partial charge in [0.15, 0.2) is 0 Å². The zero-order valence-electron chi connectivity index (χ0n) is 32.0. The van der Waals surface area contributed by atoms with E-state index in [9.17, 15) is 24.3 Å². The van der Waals surface area contributed by atoms with Crippen LogP contribution in [0.3, 0.4) is 0 Å². The van der Waals surface area contributed by atoms with Crippen molar-refractivity contribution in [2.45, 2.75) is 141 Å². The molecule has 2 saturated carbocycles. The highest BCUT2D eigenvalue weighted by Crippen LogP contribution is 2.23. The van der Waals surface area contributed by atoms with E-state index < -0.39 is 47.7 Å². The molecule has 53 heavy (non-hydrogen) atoms. The average molecular weight is 743 g/mol. The number of methoxy groups -OCH3 is 1. The largest absolute Gasteiger partial charge is 0.445 e. The number of amides is 4. The summed E-state index contributed by atoms with van der Waals surface area (Å²) in [6.45, 7) is 11.2. The minimum absolute atomic E-state index is 0.0976. The van der Waals surface area contributed by atoms with Crippen molar-refractivity contribution in [1.82, 2.24) is 21.3 Å². The second-order valence-electron chi connectivity index (χ2n) is 15.3. The first-order chi connectivity index (χ1) is 25.0. The quantitative estimate of drug-likeness (QED) is 0.189. The van der Waals surface area contributed by atoms with Crippen molar-refractivity contribution in [1.29, 1.82) is 0 Å². The van der Waals surface area contributed by atoms with Crippen molar-refractivity contribution in [3.05, 3.63) is 71.8 Å². The van der Waals surface area contributed by atoms with Gasteiger partial charge in [-0.1, -0.05) is 60.7 Å². The maximum absolute atomic E-state index is 12.1. The Bertz CT molecular complexity index is 1430. The van der Waals surface area contributed by atoms with Crippen LogP contribution in [-0.4, -0.2) is 84.2 Å². The SMILES string of the molecule is CC(C)(C)OC(=O)N[C@H]1C[C@@H](NC(=O)OCc2ccccc2)CC[C@@H]1O.CO[C@H]1CC[C@H](NC(=O)OCc2ccccc2)C[C@@H]1NC(=O)OC(C)(C)C. The molecule has 2 aliphatic rings. The maximum Gasteiger partial charge on any atom is 0.407 e. The van der Waals surface area contributed by atoms with Gasteiger partial charge in [-0.05, 0) is 91.2 Å². The van der Waals surface area contributed by atoms with Crippen molar-refractivity contribution in [3.8, 4) is 0 Å². The molecule has 0 bridgehead atoms. The van der Waals surface area contributed by atoms with Crippen LogP contribution in [0.1, 0.15) is 91.2 Å². The number of aliphatic hydroxyl groups is 1. The highest BCUT2D eigenvalue weighted by molar-refractivity contribution is 5.69. The van der Waals surface area contributed by atoms with E-state index in [4.69, 9.17) is 23.7 Å². The van der Waals surface area contributed by atoms with E-state index in [2.05, 4.69) is 21.3 Å². The molecular formula is C39H58N4O10. The van der Waals surface area contributed by atoms with Gasteiger partial charge in [0.1, 0.15) is 24.4 Å². The molecule has 294 valence electrons. The van der Waals surface area contributed by atoms with Crippen molar-refractivity contribution in [2.75, 3.05) is 7.11 Å². The van der Waals surface area contributed by atoms with E-state index in [1.807, 2.05) is 81.4 Å². The topological polar surface area (TPSA) is 183 Å². The highest BCUT2D eigenvalue weighted by Gasteiger charge is 2.34. The lowest BCUT2D eigenvalue weighted by Crippen LogP contribution is -2.53. The summed E-state index contributed by atoms with van der Waals surface area (Å²) in [4.78, 5) is 48.0. The van der Waals surface area contributed by atoms with Crippen molar-refractivity contribution in [3.63, 3.8) is 0 Å². The summed E-state index contributed by atoms with van der Waals surface area (Å²) in [5.74, 6) is 0. The van der Waals surface area contributed by atoms with Crippen molar-refractivity contribution < 1.29 is 48.0 Å². The number of hydrogen-bond donors (Lipinski definition) is 5. The number of carbonyl (C=O) groups excluding carboxylic acids is 4. The third-order valence-corrected chi connectivity index (χ3v) is 8.38. The molecule has 14 heteroatoms. The summed E-state index contributed by atoms with van der Waals surface area (Å²) in [5.41, 5.74) is 0.661. The van der Waals surface area contributed by atoms with E-state index in [-0.39, 0.29) is 37.4 Å². The van der Waals surface area contributed by atoms with Crippen molar-refractivity contribution >= 4 is 24.4 Å². The predicted molar refractivity (Wildman–Crippen MR) is 198 cm³/mol. The molecule has 0 heterocycles. The van der Waals surface area contributed by atoms with Crippen molar-refractivity contribution in [2.24, 2.45) is 0 Å². The van der Waals surface area contributed by atoms with Crippen LogP contribution in [-0.2, 0) is 36.9 Å². The molecular weight excluding hydrogens is 684 g/mol. The molecule has 0 aliphatic heterocycles. The Morgan fingerprint density at radius 2 is 1.02 bits per heavy atom. The molecule has 0 unspecified atom stereocenters. The fourth-order valence-corrected chi connectivity index (χ4v) is 5.93. The van der Waals surface area contributed by atoms with Crippen LogP contribution < -0.4 is 21.3 Å². The third-order valence-electron chi connectivity index (χ3n) is 8.38. The number of hydrogen-bond acceptors (Lipinski definition) is 10. The number of rotatable bonds is 9. The molecule has 2 aliphatic carbocycles. The lowest BCUT2D eigenvalue weighted by atomic mass is 9.88. The van der Waals surface area contributed by atoms with Crippen LogP contribution in [0.25, 0.3) is 0 Å². The average Bonchev–Trinajstić information content (AvgIpc) is 3.07. The first-order valence-electron chi connectivity index (χ1n) is 18.1. The maximum atomic E-state index is 12.1. The van der Waals surface area contributed by atoms with Crippen LogP contribution in [0.4, 0.5) is 19.2 Å². The fourth-order valence-electron chi connectivity index (χ4n) is 5.93. The van der Waals surface area contributed by atoms with E-state index in [1.54, 1.807) is 27.9 Å². The highest BCUT2D eigenvalue weighted by atomic mass is 16.6. The van der Waals surface area contributed by atoms with Gasteiger partial charge < -0.3 is 50.1 Å². The van der Waals surface area contributed by atoms with Gasteiger partial charge in [-0.25, -0.2) is 19.2 Å². The molecule has 0 saturated heterocycles. The second kappa shape index (κ2) is 20.6. The Labute approximate surface area is 313 Å². The van der Waals surface area contributed by atoms with Crippen LogP contribution in [0.5, 0.6) is 0 Å². The van der Waals surface area contributed by atoms with E-state index in [0.29, 0.717) is 25.7 Å². The molecule has 2 fully saturated rings. The Balaban J connectivity index is 0.000000286. The number of ether oxygens (including phenoxy) is 5. The van der Waals surface area contributed by atoms with Gasteiger partial charge in [0.05, 0.1) is 24.3 Å². The number of alkyl carbamates (subject to hydrolysis) is 4. The standard InChI is InChI=1S/C20H30N2O5.C19H28N2O5/c1-20(2,3)27-19(24)22-16-12-15(10-11-17(16)25-4)21-18(23)26-13-14-8-6-5-7-9-14;1-19(2,3)26-18(24)21-15-11-14(9-10-16(15)22)20-17(23)25-12-13-7-5-4-6-8-13/h5-9,15-17H,10-13H2,1-4H3,(H,21,23)(H,22,24);4-8,14-16,22H,9-12H2,1-3H3,(H,20,23)(H,21,24)/t15-,16-,17-;14-,15-,16-/m00/s1. The number of benzene rings is 2. The Kier molecular flexibility index (Phi) is 16.7. The lowest BCUT2D eigenvalue weighted by molar-refractivity contribution is 0.0160. The zero-order chi connectivity index (χ0) is 39.0. The number of nitrogens with one attached hydrogen (secondary N) is 4. The Hall–Kier alpha value is -4.56. The Morgan fingerprint density at radius 1 is 0.604 bits per heavy atom. The van der Waals surface area contributed by atoms with Crippen LogP contribution in [0, 0.1) is 0 Å². The van der Waals surface area contributed by atoms with Crippen LogP contribution >= 0.6 is 0 Å². The van der Waals surface area contributed by atoms with E-state index in [1.165, 1.54) is 0 Å². The van der Waals surface area contributed by atoms with Gasteiger partial charge >= 0.3 is 24.4 Å². The van der Waals surface area contributed by atoms with Gasteiger partial charge in [-0.2, -0.15) is 0 Å². The molecule has 4 amide bonds. The molecule has 0 spiro atoms. The first kappa shape index (κ1) is 42.8. The van der Waals surface area contributed by atoms with E-state index in [0.717, 1.165) is 24.0 Å². The smallest absolute Gasteiger partial charge is 0.407 e. The van der Waals surface area contributed by atoms with Crippen LogP contribution in [0.15, 0.2) is 60.7 Å². The Morgan fingerprint density at radius 3 is 1.45 bits per heavy atom. The van der Waals surface area contributed by atoms with Gasteiger partial charge in [0.25, 0.3) is 0 Å². The molecule has 4 rings (SSSR count). The lowest BCUT2D eigenvalue weighted by Gasteiger charge is -2.36. The molecule has 0 radical (unpaired) electrons. The summed E-state index contributed by atoms with van der Waals surface area (Å²) in [7, 11) is 1.62. The van der Waals surface area contributed by atoms with Crippen LogP contribution in [0.2, 0.25) is 0 Å². The first-order valence-corrected chi connectivity index (χ1v) is 18.1. The molecule has 2 aromatic rings. The van der Waals surface area contributed by atoms with Gasteiger partial charge in [0, 0.05) is 19.2 Å². The number of carbonyl (C=O) groups is 4. The van der Waals surface area contributed by atoms with Gasteiger partial charge in [-0.15, -0.1) is 0 Å². The second-order valence-corrected chi connectivity index (χ2v) is 15.3. The van der Waals surface area contributed by atoms with E-state index >= 15 is 0 Å². The molecule has 0 aromatic heterocycles. The summed E-state index contributed by atoms with van der Waals surface area (Å²) in [6, 6.07) is 17.9. The minimum Gasteiger partial charge on any atom is -0.445 e. The third kappa shape index (κ3) is 17.2. The molecule has 6 atom stereocenters. The normalized spacial score (nSPS) is 22.8. The predicted octanol–water partition coefficient (Wildman–Crippen LogP) is 6.09. The molecule has 14 nitrogen and oxygen atoms in total.